The Morgan fingerprint density at radius 3 is 2.79 bits per heavy atom. The fourth-order valence-electron chi connectivity index (χ4n) is 3.77. The van der Waals surface area contributed by atoms with Crippen molar-refractivity contribution >= 4 is 40.0 Å². The van der Waals surface area contributed by atoms with Gasteiger partial charge in [-0.25, -0.2) is 8.78 Å². The van der Waals surface area contributed by atoms with E-state index in [1.807, 2.05) is 0 Å². The van der Waals surface area contributed by atoms with Gasteiger partial charge in [-0.05, 0) is 18.6 Å². The number of carbonyl (C=O) groups excluding carboxylic acids is 1. The van der Waals surface area contributed by atoms with E-state index in [9.17, 15) is 13.6 Å². The van der Waals surface area contributed by atoms with Crippen LogP contribution in [0.4, 0.5) is 8.78 Å². The minimum atomic E-state index is -2.89. The molecule has 0 bridgehead atoms. The van der Waals surface area contributed by atoms with Gasteiger partial charge in [0.05, 0.1) is 28.2 Å². The number of halogens is 4. The summed E-state index contributed by atoms with van der Waals surface area (Å²) >= 11 is 12.7. The Morgan fingerprint density at radius 2 is 2.14 bits per heavy atom. The fourth-order valence-corrected chi connectivity index (χ4v) is 4.17. The van der Waals surface area contributed by atoms with Gasteiger partial charge in [0, 0.05) is 42.6 Å². The molecule has 1 aliphatic rings. The zero-order valence-corrected chi connectivity index (χ0v) is 16.6. The van der Waals surface area contributed by atoms with Crippen LogP contribution in [0.5, 0.6) is 0 Å². The largest absolute Gasteiger partial charge is 0.357 e. The molecule has 2 aromatic heterocycles. The molecule has 0 aliphatic carbocycles. The van der Waals surface area contributed by atoms with Gasteiger partial charge in [0.1, 0.15) is 5.69 Å². The van der Waals surface area contributed by atoms with Gasteiger partial charge in [-0.3, -0.25) is 4.79 Å². The van der Waals surface area contributed by atoms with Crippen LogP contribution in [0.1, 0.15) is 30.5 Å². The highest BCUT2D eigenvalue weighted by atomic mass is 35.5. The molecule has 1 aliphatic heterocycles. The van der Waals surface area contributed by atoms with Crippen LogP contribution in [0.15, 0.2) is 12.3 Å². The van der Waals surface area contributed by atoms with Crippen LogP contribution < -0.4 is 5.32 Å². The van der Waals surface area contributed by atoms with Crippen molar-refractivity contribution in [1.82, 2.24) is 25.3 Å². The first-order chi connectivity index (χ1) is 13.1. The lowest BCUT2D eigenvalue weighted by Gasteiger charge is -2.19. The SMILES string of the molecule is Cn1ncc(-c2cc(Cl)c(Cl)c3[nH]c4c(c23)CC(=O)NC[C@@H]4CC(C)(F)F)n1. The first kappa shape index (κ1) is 19.1. The van der Waals surface area contributed by atoms with E-state index in [1.54, 1.807) is 19.3 Å². The summed E-state index contributed by atoms with van der Waals surface area (Å²) in [6.07, 6.45) is 1.22. The van der Waals surface area contributed by atoms with Gasteiger partial charge >= 0.3 is 0 Å². The lowest BCUT2D eigenvalue weighted by Crippen LogP contribution is -2.28. The molecular weight excluding hydrogens is 411 g/mol. The highest BCUT2D eigenvalue weighted by molar-refractivity contribution is 6.45. The summed E-state index contributed by atoms with van der Waals surface area (Å²) in [6.45, 7) is 0.991. The molecule has 10 heteroatoms. The van der Waals surface area contributed by atoms with E-state index in [4.69, 9.17) is 23.2 Å². The molecule has 3 aromatic rings. The minimum absolute atomic E-state index is 0.0480. The molecule has 0 fully saturated rings. The first-order valence-corrected chi connectivity index (χ1v) is 9.43. The number of rotatable bonds is 3. The van der Waals surface area contributed by atoms with E-state index >= 15 is 0 Å². The molecule has 1 atom stereocenters. The fraction of sp³-hybridized carbons (Fsp3) is 0.389. The van der Waals surface area contributed by atoms with E-state index < -0.39 is 18.3 Å². The van der Waals surface area contributed by atoms with Gasteiger partial charge in [0.2, 0.25) is 11.8 Å². The van der Waals surface area contributed by atoms with Crippen LogP contribution in [0.3, 0.4) is 0 Å². The lowest BCUT2D eigenvalue weighted by atomic mass is 9.93. The lowest BCUT2D eigenvalue weighted by molar-refractivity contribution is -0.120. The Labute approximate surface area is 169 Å². The molecular formula is C18H17Cl2F2N5O. The third kappa shape index (κ3) is 3.35. The van der Waals surface area contributed by atoms with Crippen LogP contribution in [0, 0.1) is 0 Å². The van der Waals surface area contributed by atoms with Crippen LogP contribution >= 0.6 is 23.2 Å². The third-order valence-electron chi connectivity index (χ3n) is 4.88. The van der Waals surface area contributed by atoms with Gasteiger partial charge < -0.3 is 10.3 Å². The number of alkyl halides is 2. The predicted octanol–water partition coefficient (Wildman–Crippen LogP) is 4.07. The maximum absolute atomic E-state index is 13.8. The number of H-pyrrole nitrogens is 1. The van der Waals surface area contributed by atoms with E-state index in [-0.39, 0.29) is 23.9 Å². The number of aryl methyl sites for hydroxylation is 1. The summed E-state index contributed by atoms with van der Waals surface area (Å²) < 4.78 is 27.6. The van der Waals surface area contributed by atoms with Crippen molar-refractivity contribution in [2.45, 2.75) is 31.6 Å². The molecule has 0 radical (unpaired) electrons. The maximum atomic E-state index is 13.8. The maximum Gasteiger partial charge on any atom is 0.246 e. The molecule has 1 aromatic carbocycles. The zero-order chi connectivity index (χ0) is 20.2. The number of hydrogen-bond donors (Lipinski definition) is 2. The standard InChI is InChI=1S/C18H17Cl2F2N5O/c1-18(21,22)5-8-6-23-13(28)4-10-14-9(12-7-24-27(2)26-12)3-11(19)15(20)17(14)25-16(8)10/h3,7-8,25H,4-6H2,1-2H3,(H,23,28)/t8-/m0/s1. The van der Waals surface area contributed by atoms with Crippen molar-refractivity contribution in [3.63, 3.8) is 0 Å². The number of fused-ring (bicyclic) bond motifs is 3. The monoisotopic (exact) mass is 427 g/mol. The van der Waals surface area contributed by atoms with E-state index in [1.165, 1.54) is 4.80 Å². The van der Waals surface area contributed by atoms with Crippen LogP contribution in [0.2, 0.25) is 10.0 Å². The van der Waals surface area contributed by atoms with Crippen molar-refractivity contribution in [3.05, 3.63) is 33.6 Å². The highest BCUT2D eigenvalue weighted by Gasteiger charge is 2.34. The van der Waals surface area contributed by atoms with Gasteiger partial charge in [-0.15, -0.1) is 0 Å². The van der Waals surface area contributed by atoms with Gasteiger partial charge in [-0.1, -0.05) is 23.2 Å². The Hall–Kier alpha value is -2.19. The summed E-state index contributed by atoms with van der Waals surface area (Å²) in [5.41, 5.74) is 2.92. The zero-order valence-electron chi connectivity index (χ0n) is 15.1. The molecule has 1 amide bonds. The second kappa shape index (κ2) is 6.70. The topological polar surface area (TPSA) is 75.6 Å². The van der Waals surface area contributed by atoms with Gasteiger partial charge in [0.25, 0.3) is 0 Å². The average Bonchev–Trinajstić information content (AvgIpc) is 3.15. The number of benzene rings is 1. The number of aromatic nitrogens is 4. The van der Waals surface area contributed by atoms with Gasteiger partial charge in [-0.2, -0.15) is 15.0 Å². The Kier molecular flexibility index (Phi) is 4.58. The van der Waals surface area contributed by atoms with Crippen molar-refractivity contribution in [2.24, 2.45) is 7.05 Å². The molecule has 6 nitrogen and oxygen atoms in total. The number of amides is 1. The first-order valence-electron chi connectivity index (χ1n) is 8.67. The summed E-state index contributed by atoms with van der Waals surface area (Å²) in [6, 6.07) is 1.66. The van der Waals surface area contributed by atoms with Crippen molar-refractivity contribution in [1.29, 1.82) is 0 Å². The summed E-state index contributed by atoms with van der Waals surface area (Å²) in [5, 5.41) is 12.4. The number of nitrogens with zero attached hydrogens (tertiary/aromatic N) is 3. The van der Waals surface area contributed by atoms with Crippen LogP contribution in [0.25, 0.3) is 22.2 Å². The Morgan fingerprint density at radius 1 is 1.39 bits per heavy atom. The summed E-state index contributed by atoms with van der Waals surface area (Å²) in [5.74, 6) is -3.71. The molecule has 0 spiro atoms. The molecule has 0 saturated heterocycles. The van der Waals surface area contributed by atoms with Crippen molar-refractivity contribution < 1.29 is 13.6 Å². The molecule has 28 heavy (non-hydrogen) atoms. The average molecular weight is 428 g/mol. The summed E-state index contributed by atoms with van der Waals surface area (Å²) in [7, 11) is 1.68. The predicted molar refractivity (Wildman–Crippen MR) is 103 cm³/mol. The highest BCUT2D eigenvalue weighted by Crippen LogP contribution is 2.43. The van der Waals surface area contributed by atoms with Crippen molar-refractivity contribution in [3.8, 4) is 11.3 Å². The summed E-state index contributed by atoms with van der Waals surface area (Å²) in [4.78, 5) is 16.9. The van der Waals surface area contributed by atoms with E-state index in [0.717, 1.165) is 6.92 Å². The number of carbonyl (C=O) groups is 1. The minimum Gasteiger partial charge on any atom is -0.357 e. The number of aromatic amines is 1. The molecule has 4 rings (SSSR count). The molecule has 0 saturated carbocycles. The Balaban J connectivity index is 2.01. The molecule has 148 valence electrons. The van der Waals surface area contributed by atoms with E-state index in [2.05, 4.69) is 20.5 Å². The van der Waals surface area contributed by atoms with E-state index in [0.29, 0.717) is 38.4 Å². The number of hydrogen-bond acceptors (Lipinski definition) is 3. The van der Waals surface area contributed by atoms with Crippen LogP contribution in [-0.4, -0.2) is 38.4 Å². The normalized spacial score (nSPS) is 17.5. The molecule has 2 N–H and O–H groups in total. The third-order valence-corrected chi connectivity index (χ3v) is 5.67. The number of nitrogens with one attached hydrogen (secondary N) is 2. The molecule has 0 unspecified atom stereocenters. The smallest absolute Gasteiger partial charge is 0.246 e. The Bertz CT molecular complexity index is 1090. The second-order valence-electron chi connectivity index (χ2n) is 7.16. The molecule has 3 heterocycles. The quantitative estimate of drug-likeness (QED) is 0.661. The van der Waals surface area contributed by atoms with Crippen molar-refractivity contribution in [2.75, 3.05) is 6.54 Å². The van der Waals surface area contributed by atoms with Crippen LogP contribution in [-0.2, 0) is 18.3 Å². The van der Waals surface area contributed by atoms with Gasteiger partial charge in [0.15, 0.2) is 0 Å². The second-order valence-corrected chi connectivity index (χ2v) is 7.94.